The van der Waals surface area contributed by atoms with Crippen molar-refractivity contribution in [2.45, 2.75) is 31.7 Å². The van der Waals surface area contributed by atoms with Crippen LogP contribution in [0.1, 0.15) is 36.8 Å². The molecular formula is C25H30N2O6. The van der Waals surface area contributed by atoms with Crippen molar-refractivity contribution >= 4 is 18.0 Å². The molecular weight excluding hydrogens is 424 g/mol. The summed E-state index contributed by atoms with van der Waals surface area (Å²) in [5, 5.41) is 14.1. The van der Waals surface area contributed by atoms with Crippen molar-refractivity contribution in [2.75, 3.05) is 26.9 Å². The number of hydrogen-bond acceptors (Lipinski definition) is 5. The molecule has 0 aromatic heterocycles. The van der Waals surface area contributed by atoms with Gasteiger partial charge in [-0.1, -0.05) is 55.5 Å². The zero-order valence-electron chi connectivity index (χ0n) is 18.9. The Morgan fingerprint density at radius 2 is 1.64 bits per heavy atom. The maximum Gasteiger partial charge on any atom is 0.407 e. The molecule has 2 aromatic carbocycles. The molecule has 0 radical (unpaired) electrons. The van der Waals surface area contributed by atoms with Gasteiger partial charge in [-0.15, -0.1) is 0 Å². The van der Waals surface area contributed by atoms with Crippen LogP contribution in [0.5, 0.6) is 0 Å². The molecule has 33 heavy (non-hydrogen) atoms. The fourth-order valence-electron chi connectivity index (χ4n) is 4.10. The third-order valence-electron chi connectivity index (χ3n) is 5.75. The SMILES string of the molecule is COC[C@H](NC(=O)OCC1c2ccccc2-c2ccccc21)C(=O)NCCC(C)CC(=O)O. The summed E-state index contributed by atoms with van der Waals surface area (Å²) in [5.41, 5.74) is 4.48. The van der Waals surface area contributed by atoms with E-state index in [1.165, 1.54) is 7.11 Å². The third kappa shape index (κ3) is 6.32. The molecule has 2 atom stereocenters. The lowest BCUT2D eigenvalue weighted by atomic mass is 9.98. The van der Waals surface area contributed by atoms with Crippen LogP contribution in [0, 0.1) is 5.92 Å². The van der Waals surface area contributed by atoms with Gasteiger partial charge in [0.05, 0.1) is 6.61 Å². The summed E-state index contributed by atoms with van der Waals surface area (Å²) in [6.07, 6.45) is -0.147. The molecule has 0 bridgehead atoms. The number of ether oxygens (including phenoxy) is 2. The summed E-state index contributed by atoms with van der Waals surface area (Å²) >= 11 is 0. The number of alkyl carbamates (subject to hydrolysis) is 1. The summed E-state index contributed by atoms with van der Waals surface area (Å²) < 4.78 is 10.6. The van der Waals surface area contributed by atoms with E-state index in [4.69, 9.17) is 14.6 Å². The van der Waals surface area contributed by atoms with Crippen molar-refractivity contribution in [3.63, 3.8) is 0 Å². The molecule has 8 nitrogen and oxygen atoms in total. The van der Waals surface area contributed by atoms with Crippen molar-refractivity contribution in [3.05, 3.63) is 59.7 Å². The van der Waals surface area contributed by atoms with Crippen LogP contribution in [-0.4, -0.2) is 56.0 Å². The number of hydrogen-bond donors (Lipinski definition) is 3. The lowest BCUT2D eigenvalue weighted by molar-refractivity contribution is -0.138. The summed E-state index contributed by atoms with van der Waals surface area (Å²) in [6.45, 7) is 2.25. The molecule has 3 rings (SSSR count). The van der Waals surface area contributed by atoms with Gasteiger partial charge in [0.2, 0.25) is 5.91 Å². The Kier molecular flexibility index (Phi) is 8.43. The summed E-state index contributed by atoms with van der Waals surface area (Å²) in [5.74, 6) is -1.43. The van der Waals surface area contributed by atoms with Crippen LogP contribution in [0.15, 0.2) is 48.5 Å². The lowest BCUT2D eigenvalue weighted by Gasteiger charge is -2.19. The molecule has 0 spiro atoms. The Labute approximate surface area is 193 Å². The number of carbonyl (C=O) groups is 3. The van der Waals surface area contributed by atoms with Crippen LogP contribution in [0.2, 0.25) is 0 Å². The van der Waals surface area contributed by atoms with E-state index in [0.29, 0.717) is 13.0 Å². The van der Waals surface area contributed by atoms with Gasteiger partial charge in [0, 0.05) is 26.0 Å². The number of rotatable bonds is 11. The number of amides is 2. The number of benzene rings is 2. The normalized spacial score (nSPS) is 14.0. The van der Waals surface area contributed by atoms with Crippen molar-refractivity contribution in [3.8, 4) is 11.1 Å². The van der Waals surface area contributed by atoms with E-state index in [9.17, 15) is 14.4 Å². The fourth-order valence-corrected chi connectivity index (χ4v) is 4.10. The molecule has 176 valence electrons. The second kappa shape index (κ2) is 11.5. The van der Waals surface area contributed by atoms with Gasteiger partial charge in [-0.05, 0) is 34.6 Å². The van der Waals surface area contributed by atoms with E-state index in [1.54, 1.807) is 0 Å². The minimum absolute atomic E-state index is 0.0132. The first-order valence-electron chi connectivity index (χ1n) is 11.0. The third-order valence-corrected chi connectivity index (χ3v) is 5.75. The van der Waals surface area contributed by atoms with Crippen molar-refractivity contribution in [2.24, 2.45) is 5.92 Å². The topological polar surface area (TPSA) is 114 Å². The first-order chi connectivity index (χ1) is 15.9. The zero-order chi connectivity index (χ0) is 23.8. The van der Waals surface area contributed by atoms with E-state index < -0.39 is 24.0 Å². The molecule has 0 heterocycles. The van der Waals surface area contributed by atoms with Crippen LogP contribution >= 0.6 is 0 Å². The Bertz CT molecular complexity index is 947. The molecule has 0 saturated heterocycles. The predicted octanol–water partition coefficient (Wildman–Crippen LogP) is 3.16. The van der Waals surface area contributed by atoms with E-state index in [1.807, 2.05) is 43.3 Å². The van der Waals surface area contributed by atoms with Crippen LogP contribution < -0.4 is 10.6 Å². The summed E-state index contributed by atoms with van der Waals surface area (Å²) in [7, 11) is 1.44. The van der Waals surface area contributed by atoms with Gasteiger partial charge >= 0.3 is 12.1 Å². The van der Waals surface area contributed by atoms with Crippen molar-refractivity contribution < 1.29 is 29.0 Å². The Morgan fingerprint density at radius 1 is 1.03 bits per heavy atom. The number of carboxylic acid groups (broad SMARTS) is 1. The zero-order valence-corrected chi connectivity index (χ0v) is 18.9. The first kappa shape index (κ1) is 24.3. The van der Waals surface area contributed by atoms with Crippen LogP contribution in [-0.2, 0) is 19.1 Å². The Morgan fingerprint density at radius 3 is 2.21 bits per heavy atom. The van der Waals surface area contributed by atoms with Gasteiger partial charge < -0.3 is 25.2 Å². The van der Waals surface area contributed by atoms with Gasteiger partial charge in [0.1, 0.15) is 12.6 Å². The molecule has 0 saturated carbocycles. The number of carbonyl (C=O) groups excluding carboxylic acids is 2. The van der Waals surface area contributed by atoms with E-state index in [2.05, 4.69) is 22.8 Å². The van der Waals surface area contributed by atoms with Gasteiger partial charge in [-0.3, -0.25) is 9.59 Å². The van der Waals surface area contributed by atoms with E-state index >= 15 is 0 Å². The number of aliphatic carboxylic acids is 1. The molecule has 2 aromatic rings. The standard InChI is InChI=1S/C25H30N2O6/c1-16(13-23(28)29)11-12-26-24(30)22(15-32-2)27-25(31)33-14-21-19-9-5-3-7-17(19)18-8-4-6-10-20(18)21/h3-10,16,21-22H,11-15H2,1-2H3,(H,26,30)(H,27,31)(H,28,29)/t16?,22-/m0/s1. The highest BCUT2D eigenvalue weighted by atomic mass is 16.5. The highest BCUT2D eigenvalue weighted by Crippen LogP contribution is 2.44. The summed E-state index contributed by atoms with van der Waals surface area (Å²) in [4.78, 5) is 35.7. The summed E-state index contributed by atoms with van der Waals surface area (Å²) in [6, 6.07) is 15.2. The van der Waals surface area contributed by atoms with E-state index in [-0.39, 0.29) is 31.5 Å². The Balaban J connectivity index is 1.54. The van der Waals surface area contributed by atoms with Crippen molar-refractivity contribution in [1.82, 2.24) is 10.6 Å². The number of methoxy groups -OCH3 is 1. The number of fused-ring (bicyclic) bond motifs is 3. The average molecular weight is 455 g/mol. The molecule has 8 heteroatoms. The average Bonchev–Trinajstić information content (AvgIpc) is 3.10. The number of nitrogens with one attached hydrogen (secondary N) is 2. The first-order valence-corrected chi connectivity index (χ1v) is 11.0. The lowest BCUT2D eigenvalue weighted by Crippen LogP contribution is -2.49. The molecule has 3 N–H and O–H groups in total. The smallest absolute Gasteiger partial charge is 0.407 e. The maximum atomic E-state index is 12.5. The molecule has 2 amide bonds. The van der Waals surface area contributed by atoms with Crippen LogP contribution in [0.3, 0.4) is 0 Å². The fraction of sp³-hybridized carbons (Fsp3) is 0.400. The molecule has 1 aliphatic carbocycles. The largest absolute Gasteiger partial charge is 0.481 e. The molecule has 0 fully saturated rings. The molecule has 1 unspecified atom stereocenters. The van der Waals surface area contributed by atoms with Crippen LogP contribution in [0.25, 0.3) is 11.1 Å². The highest BCUT2D eigenvalue weighted by Gasteiger charge is 2.29. The maximum absolute atomic E-state index is 12.5. The van der Waals surface area contributed by atoms with Gasteiger partial charge in [-0.25, -0.2) is 4.79 Å². The van der Waals surface area contributed by atoms with E-state index in [0.717, 1.165) is 22.3 Å². The molecule has 1 aliphatic rings. The second-order valence-corrected chi connectivity index (χ2v) is 8.26. The Hall–Kier alpha value is -3.39. The minimum Gasteiger partial charge on any atom is -0.481 e. The minimum atomic E-state index is -0.916. The highest BCUT2D eigenvalue weighted by molar-refractivity contribution is 5.86. The van der Waals surface area contributed by atoms with Gasteiger partial charge in [0.15, 0.2) is 0 Å². The molecule has 0 aliphatic heterocycles. The predicted molar refractivity (Wildman–Crippen MR) is 123 cm³/mol. The van der Waals surface area contributed by atoms with Gasteiger partial charge in [-0.2, -0.15) is 0 Å². The second-order valence-electron chi connectivity index (χ2n) is 8.26. The monoisotopic (exact) mass is 454 g/mol. The number of carboxylic acids is 1. The quantitative estimate of drug-likeness (QED) is 0.481. The van der Waals surface area contributed by atoms with Crippen LogP contribution in [0.4, 0.5) is 4.79 Å². The van der Waals surface area contributed by atoms with Gasteiger partial charge in [0.25, 0.3) is 0 Å². The van der Waals surface area contributed by atoms with Crippen molar-refractivity contribution in [1.29, 1.82) is 0 Å².